The van der Waals surface area contributed by atoms with E-state index in [1.807, 2.05) is 25.7 Å². The predicted molar refractivity (Wildman–Crippen MR) is 92.3 cm³/mol. The van der Waals surface area contributed by atoms with E-state index in [0.29, 0.717) is 25.1 Å². The predicted octanol–water partition coefficient (Wildman–Crippen LogP) is 1.15. The molecule has 1 saturated heterocycles. The third-order valence-corrected chi connectivity index (χ3v) is 4.80. The fraction of sp³-hybridized carbons (Fsp3) is 0.588. The fourth-order valence-corrected chi connectivity index (χ4v) is 3.47. The van der Waals surface area contributed by atoms with Crippen molar-refractivity contribution in [2.45, 2.75) is 52.4 Å². The molecule has 0 radical (unpaired) electrons. The molecule has 1 aliphatic heterocycles. The molecule has 0 bridgehead atoms. The van der Waals surface area contributed by atoms with Crippen LogP contribution in [0.5, 0.6) is 0 Å². The van der Waals surface area contributed by atoms with Crippen LogP contribution in [-0.4, -0.2) is 49.0 Å². The molecule has 3 rings (SSSR count). The van der Waals surface area contributed by atoms with Crippen LogP contribution < -0.4 is 5.69 Å². The quantitative estimate of drug-likeness (QED) is 0.865. The molecule has 0 aromatic carbocycles. The second kappa shape index (κ2) is 7.16. The van der Waals surface area contributed by atoms with Crippen LogP contribution in [0.3, 0.4) is 0 Å². The van der Waals surface area contributed by atoms with Crippen molar-refractivity contribution in [1.82, 2.24) is 30.0 Å². The Morgan fingerprint density at radius 1 is 1.28 bits per heavy atom. The van der Waals surface area contributed by atoms with Crippen LogP contribution in [-0.2, 0) is 11.2 Å². The highest BCUT2D eigenvalue weighted by Crippen LogP contribution is 2.25. The van der Waals surface area contributed by atoms with Gasteiger partial charge in [0.25, 0.3) is 0 Å². The third kappa shape index (κ3) is 3.94. The highest BCUT2D eigenvalue weighted by atomic mass is 16.2. The Kier molecular flexibility index (Phi) is 4.96. The van der Waals surface area contributed by atoms with E-state index < -0.39 is 0 Å². The van der Waals surface area contributed by atoms with Gasteiger partial charge in [0.15, 0.2) is 5.82 Å². The zero-order valence-electron chi connectivity index (χ0n) is 14.9. The van der Waals surface area contributed by atoms with Gasteiger partial charge in [-0.2, -0.15) is 10.1 Å². The summed E-state index contributed by atoms with van der Waals surface area (Å²) in [5.41, 5.74) is 2.09. The molecule has 2 aromatic rings. The largest absolute Gasteiger partial charge is 0.345 e. The summed E-state index contributed by atoms with van der Waals surface area (Å²) in [5.74, 6) is 1.92. The monoisotopic (exact) mass is 344 g/mol. The molecule has 0 saturated carbocycles. The lowest BCUT2D eigenvalue weighted by molar-refractivity contribution is -0.132. The van der Waals surface area contributed by atoms with Crippen molar-refractivity contribution in [3.05, 3.63) is 39.1 Å². The maximum atomic E-state index is 12.6. The SMILES string of the molecule is Cc1nc([C@@H]2CCCN(C(=O)CCc3c(C)nc(=O)[nH]c3C)C2)n[nH]1. The van der Waals surface area contributed by atoms with Gasteiger partial charge >= 0.3 is 5.69 Å². The van der Waals surface area contributed by atoms with Gasteiger partial charge in [-0.25, -0.2) is 9.78 Å². The van der Waals surface area contributed by atoms with Crippen molar-refractivity contribution in [2.24, 2.45) is 0 Å². The molecule has 1 amide bonds. The fourth-order valence-electron chi connectivity index (χ4n) is 3.47. The number of aromatic amines is 2. The first kappa shape index (κ1) is 17.3. The van der Waals surface area contributed by atoms with Gasteiger partial charge < -0.3 is 9.88 Å². The van der Waals surface area contributed by atoms with Crippen LogP contribution in [0.2, 0.25) is 0 Å². The van der Waals surface area contributed by atoms with Crippen LogP contribution in [0.15, 0.2) is 4.79 Å². The number of aryl methyl sites for hydroxylation is 3. The van der Waals surface area contributed by atoms with Crippen LogP contribution in [0.1, 0.15) is 53.8 Å². The second-order valence-corrected chi connectivity index (χ2v) is 6.69. The van der Waals surface area contributed by atoms with E-state index in [9.17, 15) is 9.59 Å². The molecule has 134 valence electrons. The first-order valence-corrected chi connectivity index (χ1v) is 8.67. The maximum Gasteiger partial charge on any atom is 0.345 e. The molecule has 2 N–H and O–H groups in total. The lowest BCUT2D eigenvalue weighted by atomic mass is 9.96. The van der Waals surface area contributed by atoms with Crippen molar-refractivity contribution < 1.29 is 4.79 Å². The summed E-state index contributed by atoms with van der Waals surface area (Å²) in [6.07, 6.45) is 2.96. The number of hydrogen-bond acceptors (Lipinski definition) is 5. The topological polar surface area (TPSA) is 108 Å². The molecule has 8 nitrogen and oxygen atoms in total. The average molecular weight is 344 g/mol. The zero-order valence-corrected chi connectivity index (χ0v) is 14.9. The van der Waals surface area contributed by atoms with E-state index in [-0.39, 0.29) is 17.5 Å². The molecule has 1 atom stereocenters. The Morgan fingerprint density at radius 2 is 2.08 bits per heavy atom. The zero-order chi connectivity index (χ0) is 18.0. The highest BCUT2D eigenvalue weighted by Gasteiger charge is 2.27. The maximum absolute atomic E-state index is 12.6. The minimum atomic E-state index is -0.342. The Balaban J connectivity index is 1.62. The molecule has 0 unspecified atom stereocenters. The lowest BCUT2D eigenvalue weighted by Crippen LogP contribution is -2.39. The number of amides is 1. The van der Waals surface area contributed by atoms with Crippen molar-refractivity contribution in [2.75, 3.05) is 13.1 Å². The molecule has 1 fully saturated rings. The third-order valence-electron chi connectivity index (χ3n) is 4.80. The number of carbonyl (C=O) groups excluding carboxylic acids is 1. The summed E-state index contributed by atoms with van der Waals surface area (Å²) in [4.78, 5) is 36.9. The summed E-state index contributed by atoms with van der Waals surface area (Å²) in [7, 11) is 0. The summed E-state index contributed by atoms with van der Waals surface area (Å²) < 4.78 is 0. The Labute approximate surface area is 146 Å². The van der Waals surface area contributed by atoms with E-state index in [4.69, 9.17) is 0 Å². The number of likely N-dealkylation sites (tertiary alicyclic amines) is 1. The number of H-pyrrole nitrogens is 2. The standard InChI is InChI=1S/C17H24N6O2/c1-10-14(11(2)19-17(25)18-10)6-7-15(24)23-8-4-5-13(9-23)16-20-12(3)21-22-16/h13H,4-9H2,1-3H3,(H,18,19,25)(H,20,21,22)/t13-/m1/s1. The first-order chi connectivity index (χ1) is 11.9. The molecule has 3 heterocycles. The molecule has 0 spiro atoms. The van der Waals surface area contributed by atoms with E-state index in [0.717, 1.165) is 42.3 Å². The summed E-state index contributed by atoms with van der Waals surface area (Å²) >= 11 is 0. The van der Waals surface area contributed by atoms with Gasteiger partial charge in [-0.1, -0.05) is 0 Å². The van der Waals surface area contributed by atoms with Gasteiger partial charge in [-0.05, 0) is 45.6 Å². The minimum Gasteiger partial charge on any atom is -0.342 e. The second-order valence-electron chi connectivity index (χ2n) is 6.69. The Bertz CT molecular complexity index is 799. The van der Waals surface area contributed by atoms with Crippen LogP contribution >= 0.6 is 0 Å². The van der Waals surface area contributed by atoms with Gasteiger partial charge in [-0.3, -0.25) is 9.89 Å². The molecular weight excluding hydrogens is 320 g/mol. The lowest BCUT2D eigenvalue weighted by Gasteiger charge is -2.31. The Hall–Kier alpha value is -2.51. The highest BCUT2D eigenvalue weighted by molar-refractivity contribution is 5.76. The normalized spacial score (nSPS) is 17.7. The van der Waals surface area contributed by atoms with Crippen molar-refractivity contribution in [3.8, 4) is 0 Å². The van der Waals surface area contributed by atoms with E-state index >= 15 is 0 Å². The average Bonchev–Trinajstić information content (AvgIpc) is 3.00. The Morgan fingerprint density at radius 3 is 2.76 bits per heavy atom. The van der Waals surface area contributed by atoms with Gasteiger partial charge in [0.2, 0.25) is 5.91 Å². The van der Waals surface area contributed by atoms with E-state index in [1.165, 1.54) is 0 Å². The molecule has 0 aliphatic carbocycles. The number of nitrogens with zero attached hydrogens (tertiary/aromatic N) is 4. The molecular formula is C17H24N6O2. The minimum absolute atomic E-state index is 0.127. The summed E-state index contributed by atoms with van der Waals surface area (Å²) in [6.45, 7) is 6.98. The number of carbonyl (C=O) groups is 1. The number of hydrogen-bond donors (Lipinski definition) is 2. The van der Waals surface area contributed by atoms with Crippen molar-refractivity contribution in [1.29, 1.82) is 0 Å². The van der Waals surface area contributed by atoms with E-state index in [1.54, 1.807) is 0 Å². The van der Waals surface area contributed by atoms with Gasteiger partial charge in [-0.15, -0.1) is 0 Å². The number of aromatic nitrogens is 5. The first-order valence-electron chi connectivity index (χ1n) is 8.67. The number of piperidine rings is 1. The van der Waals surface area contributed by atoms with Crippen LogP contribution in [0.4, 0.5) is 0 Å². The number of rotatable bonds is 4. The summed E-state index contributed by atoms with van der Waals surface area (Å²) in [6, 6.07) is 0. The summed E-state index contributed by atoms with van der Waals surface area (Å²) in [5, 5.41) is 7.12. The van der Waals surface area contributed by atoms with E-state index in [2.05, 4.69) is 25.1 Å². The van der Waals surface area contributed by atoms with Gasteiger partial charge in [0, 0.05) is 36.8 Å². The molecule has 1 aliphatic rings. The number of nitrogens with one attached hydrogen (secondary N) is 2. The van der Waals surface area contributed by atoms with Crippen molar-refractivity contribution in [3.63, 3.8) is 0 Å². The molecule has 25 heavy (non-hydrogen) atoms. The molecule has 2 aromatic heterocycles. The van der Waals surface area contributed by atoms with Crippen LogP contribution in [0.25, 0.3) is 0 Å². The van der Waals surface area contributed by atoms with Crippen molar-refractivity contribution >= 4 is 5.91 Å². The van der Waals surface area contributed by atoms with Gasteiger partial charge in [0.05, 0.1) is 0 Å². The smallest absolute Gasteiger partial charge is 0.342 e. The van der Waals surface area contributed by atoms with Crippen LogP contribution in [0, 0.1) is 20.8 Å². The van der Waals surface area contributed by atoms with Gasteiger partial charge in [0.1, 0.15) is 5.82 Å². The molecule has 8 heteroatoms.